The van der Waals surface area contributed by atoms with Crippen LogP contribution in [0.25, 0.3) is 10.2 Å². The minimum absolute atomic E-state index is 0.157. The molecule has 8 heteroatoms. The third kappa shape index (κ3) is 2.56. The molecule has 0 aliphatic heterocycles. The van der Waals surface area contributed by atoms with Gasteiger partial charge in [0.15, 0.2) is 12.4 Å². The Kier molecular flexibility index (Phi) is 3.60. The van der Waals surface area contributed by atoms with Crippen molar-refractivity contribution in [2.45, 2.75) is 13.3 Å². The molecule has 112 valence electrons. The summed E-state index contributed by atoms with van der Waals surface area (Å²) in [6.07, 6.45) is 4.49. The summed E-state index contributed by atoms with van der Waals surface area (Å²) in [4.78, 5) is 30.3. The van der Waals surface area contributed by atoms with Crippen molar-refractivity contribution < 1.29 is 9.52 Å². The first-order chi connectivity index (χ1) is 10.6. The lowest BCUT2D eigenvalue weighted by molar-refractivity contribution is -0.605. The SMILES string of the molecule is CCc1cc2c(=O)n(NC(=O)c3ccc[n+]([O-])c3)cnc2s1. The quantitative estimate of drug-likeness (QED) is 0.577. The van der Waals surface area contributed by atoms with Crippen molar-refractivity contribution in [2.24, 2.45) is 0 Å². The highest BCUT2D eigenvalue weighted by Crippen LogP contribution is 2.20. The fourth-order valence-electron chi connectivity index (χ4n) is 1.99. The van der Waals surface area contributed by atoms with Crippen LogP contribution < -0.4 is 15.7 Å². The monoisotopic (exact) mass is 316 g/mol. The third-order valence-electron chi connectivity index (χ3n) is 3.11. The first-order valence-corrected chi connectivity index (χ1v) is 7.40. The maximum absolute atomic E-state index is 12.3. The Balaban J connectivity index is 1.95. The number of carbonyl (C=O) groups is 1. The Labute approximate surface area is 129 Å². The number of thiophene rings is 1. The molecular weight excluding hydrogens is 304 g/mol. The number of aryl methyl sites for hydroxylation is 1. The van der Waals surface area contributed by atoms with E-state index in [4.69, 9.17) is 0 Å². The van der Waals surface area contributed by atoms with Gasteiger partial charge in [-0.2, -0.15) is 4.73 Å². The van der Waals surface area contributed by atoms with Gasteiger partial charge in [0.05, 0.1) is 5.39 Å². The van der Waals surface area contributed by atoms with Crippen LogP contribution in [0.4, 0.5) is 0 Å². The predicted molar refractivity (Wildman–Crippen MR) is 82.4 cm³/mol. The van der Waals surface area contributed by atoms with Crippen LogP contribution in [-0.4, -0.2) is 15.6 Å². The molecule has 0 aliphatic carbocycles. The topological polar surface area (TPSA) is 90.9 Å². The second kappa shape index (κ2) is 5.57. The van der Waals surface area contributed by atoms with Gasteiger partial charge in [0.2, 0.25) is 0 Å². The van der Waals surface area contributed by atoms with Gasteiger partial charge in [-0.3, -0.25) is 15.0 Å². The summed E-state index contributed by atoms with van der Waals surface area (Å²) in [5, 5.41) is 11.7. The van der Waals surface area contributed by atoms with E-state index in [2.05, 4.69) is 10.4 Å². The van der Waals surface area contributed by atoms with Gasteiger partial charge in [-0.25, -0.2) is 9.66 Å². The number of pyridine rings is 1. The molecule has 3 heterocycles. The lowest BCUT2D eigenvalue weighted by Crippen LogP contribution is -2.34. The van der Waals surface area contributed by atoms with Gasteiger partial charge in [-0.15, -0.1) is 11.3 Å². The molecule has 0 aliphatic rings. The van der Waals surface area contributed by atoms with Crippen LogP contribution in [-0.2, 0) is 6.42 Å². The molecule has 0 bridgehead atoms. The number of hydrogen-bond donors (Lipinski definition) is 1. The summed E-state index contributed by atoms with van der Waals surface area (Å²) in [7, 11) is 0. The van der Waals surface area contributed by atoms with Gasteiger partial charge in [0, 0.05) is 10.9 Å². The van der Waals surface area contributed by atoms with Crippen LogP contribution in [0.5, 0.6) is 0 Å². The maximum atomic E-state index is 12.3. The Hall–Kier alpha value is -2.74. The van der Waals surface area contributed by atoms with Gasteiger partial charge in [-0.05, 0) is 18.6 Å². The van der Waals surface area contributed by atoms with Crippen molar-refractivity contribution in [3.63, 3.8) is 0 Å². The Morgan fingerprint density at radius 2 is 2.36 bits per heavy atom. The molecule has 0 atom stereocenters. The molecule has 0 fully saturated rings. The smallest absolute Gasteiger partial charge is 0.280 e. The summed E-state index contributed by atoms with van der Waals surface area (Å²) < 4.78 is 1.55. The Morgan fingerprint density at radius 3 is 3.09 bits per heavy atom. The summed E-state index contributed by atoms with van der Waals surface area (Å²) in [5.41, 5.74) is 2.24. The molecule has 3 aromatic heterocycles. The van der Waals surface area contributed by atoms with Gasteiger partial charge < -0.3 is 5.21 Å². The van der Waals surface area contributed by atoms with E-state index in [1.54, 1.807) is 6.07 Å². The molecule has 3 rings (SSSR count). The van der Waals surface area contributed by atoms with E-state index in [0.717, 1.165) is 22.2 Å². The summed E-state index contributed by atoms with van der Waals surface area (Å²) in [6, 6.07) is 4.73. The summed E-state index contributed by atoms with van der Waals surface area (Å²) >= 11 is 1.46. The molecule has 0 unspecified atom stereocenters. The number of hydrogen-bond acceptors (Lipinski definition) is 5. The molecule has 0 aromatic carbocycles. The lowest BCUT2D eigenvalue weighted by atomic mass is 10.3. The van der Waals surface area contributed by atoms with E-state index < -0.39 is 5.91 Å². The zero-order valence-electron chi connectivity index (χ0n) is 11.6. The zero-order valence-corrected chi connectivity index (χ0v) is 12.5. The summed E-state index contributed by atoms with van der Waals surface area (Å²) in [5.74, 6) is -0.556. The predicted octanol–water partition coefficient (Wildman–Crippen LogP) is 1.04. The van der Waals surface area contributed by atoms with Gasteiger partial charge >= 0.3 is 0 Å². The maximum Gasteiger partial charge on any atom is 0.280 e. The summed E-state index contributed by atoms with van der Waals surface area (Å²) in [6.45, 7) is 2.00. The van der Waals surface area contributed by atoms with E-state index in [1.165, 1.54) is 36.0 Å². The average Bonchev–Trinajstić information content (AvgIpc) is 2.94. The van der Waals surface area contributed by atoms with Crippen LogP contribution in [0.3, 0.4) is 0 Å². The van der Waals surface area contributed by atoms with Crippen LogP contribution in [0.15, 0.2) is 41.7 Å². The first-order valence-electron chi connectivity index (χ1n) is 6.58. The van der Waals surface area contributed by atoms with Crippen molar-refractivity contribution in [2.75, 3.05) is 5.43 Å². The fraction of sp³-hybridized carbons (Fsp3) is 0.143. The highest BCUT2D eigenvalue weighted by Gasteiger charge is 2.12. The molecule has 0 saturated carbocycles. The Morgan fingerprint density at radius 1 is 1.55 bits per heavy atom. The number of fused-ring (bicyclic) bond motifs is 1. The molecule has 1 amide bonds. The number of amides is 1. The molecule has 0 spiro atoms. The van der Waals surface area contributed by atoms with E-state index in [1.807, 2.05) is 6.92 Å². The van der Waals surface area contributed by atoms with Crippen molar-refractivity contribution in [3.05, 3.63) is 62.9 Å². The van der Waals surface area contributed by atoms with E-state index in [9.17, 15) is 14.8 Å². The molecule has 0 saturated heterocycles. The van der Waals surface area contributed by atoms with Crippen molar-refractivity contribution in [1.29, 1.82) is 0 Å². The first kappa shape index (κ1) is 14.2. The molecule has 22 heavy (non-hydrogen) atoms. The Bertz CT molecular complexity index is 916. The zero-order chi connectivity index (χ0) is 15.7. The van der Waals surface area contributed by atoms with Crippen molar-refractivity contribution in [3.8, 4) is 0 Å². The molecule has 0 radical (unpaired) electrons. The average molecular weight is 316 g/mol. The number of nitrogens with zero attached hydrogens (tertiary/aromatic N) is 3. The third-order valence-corrected chi connectivity index (χ3v) is 4.30. The van der Waals surface area contributed by atoms with Crippen LogP contribution >= 0.6 is 11.3 Å². The lowest BCUT2D eigenvalue weighted by Gasteiger charge is -2.07. The number of nitrogens with one attached hydrogen (secondary N) is 1. The molecule has 1 N–H and O–H groups in total. The van der Waals surface area contributed by atoms with Gasteiger partial charge in [-0.1, -0.05) is 6.92 Å². The minimum atomic E-state index is -0.556. The van der Waals surface area contributed by atoms with Crippen LogP contribution in [0.1, 0.15) is 22.2 Å². The molecule has 3 aromatic rings. The second-order valence-corrected chi connectivity index (χ2v) is 5.71. The highest BCUT2D eigenvalue weighted by molar-refractivity contribution is 7.18. The van der Waals surface area contributed by atoms with E-state index >= 15 is 0 Å². The molecule has 7 nitrogen and oxygen atoms in total. The number of rotatable bonds is 3. The number of carbonyl (C=O) groups excluding carboxylic acids is 1. The second-order valence-electron chi connectivity index (χ2n) is 4.60. The largest absolute Gasteiger partial charge is 0.619 e. The molecular formula is C14H12N4O3S. The van der Waals surface area contributed by atoms with E-state index in [0.29, 0.717) is 14.9 Å². The van der Waals surface area contributed by atoms with Gasteiger partial charge in [0.25, 0.3) is 11.5 Å². The minimum Gasteiger partial charge on any atom is -0.619 e. The standard InChI is InChI=1S/C14H12N4O3S/c1-2-10-6-11-13(22-10)15-8-18(14(11)20)16-12(19)9-4-3-5-17(21)7-9/h3-8H,2H2,1H3,(H,16,19). The van der Waals surface area contributed by atoms with Crippen molar-refractivity contribution >= 4 is 27.5 Å². The highest BCUT2D eigenvalue weighted by atomic mass is 32.1. The van der Waals surface area contributed by atoms with Gasteiger partial charge in [0.1, 0.15) is 16.7 Å². The van der Waals surface area contributed by atoms with Crippen molar-refractivity contribution in [1.82, 2.24) is 9.66 Å². The fourth-order valence-corrected chi connectivity index (χ4v) is 2.92. The van der Waals surface area contributed by atoms with Crippen LogP contribution in [0.2, 0.25) is 0 Å². The van der Waals surface area contributed by atoms with Crippen LogP contribution in [0, 0.1) is 5.21 Å². The number of aromatic nitrogens is 3. The van der Waals surface area contributed by atoms with E-state index in [-0.39, 0.29) is 11.1 Å². The normalized spacial score (nSPS) is 10.8.